The fourth-order valence-electron chi connectivity index (χ4n) is 1.02. The molecule has 54 valence electrons. The summed E-state index contributed by atoms with van der Waals surface area (Å²) in [4.78, 5) is 0. The van der Waals surface area contributed by atoms with Crippen molar-refractivity contribution in [1.82, 2.24) is 0 Å². The van der Waals surface area contributed by atoms with Crippen LogP contribution in [0.15, 0.2) is 0 Å². The molecule has 0 heterocycles. The average Bonchev–Trinajstić information content (AvgIpc) is 1.64. The Labute approximate surface area is 65.5 Å². The lowest BCUT2D eigenvalue weighted by atomic mass is 10.00. The Bertz CT molecular complexity index is 63.3. The van der Waals surface area contributed by atoms with Crippen LogP contribution in [-0.4, -0.2) is 8.83 Å². The van der Waals surface area contributed by atoms with E-state index in [1.54, 1.807) is 0 Å². The molecule has 0 aliphatic carbocycles. The minimum Gasteiger partial charge on any atom is -0.171 e. The maximum atomic E-state index is 5.79. The van der Waals surface area contributed by atoms with Gasteiger partial charge in [-0.3, -0.25) is 0 Å². The third kappa shape index (κ3) is 3.26. The summed E-state index contributed by atoms with van der Waals surface area (Å²) in [6.07, 6.45) is 0. The zero-order chi connectivity index (χ0) is 7.44. The van der Waals surface area contributed by atoms with Crippen LogP contribution in [0.1, 0.15) is 27.7 Å². The summed E-state index contributed by atoms with van der Waals surface area (Å²) >= 11 is 5.79. The topological polar surface area (TPSA) is 0 Å². The van der Waals surface area contributed by atoms with Crippen LogP contribution in [-0.2, 0) is 0 Å². The second-order valence-corrected chi connectivity index (χ2v) is 4.66. The van der Waals surface area contributed by atoms with Gasteiger partial charge < -0.3 is 0 Å². The van der Waals surface area contributed by atoms with Crippen molar-refractivity contribution in [2.75, 3.05) is 0 Å². The van der Waals surface area contributed by atoms with Gasteiger partial charge in [0, 0.05) is 0 Å². The largest absolute Gasteiger partial charge is 0.175 e. The van der Waals surface area contributed by atoms with E-state index < -0.39 is 0 Å². The van der Waals surface area contributed by atoms with E-state index in [1.807, 2.05) is 0 Å². The highest BCUT2D eigenvalue weighted by Crippen LogP contribution is 2.26. The van der Waals surface area contributed by atoms with E-state index in [0.29, 0.717) is 14.4 Å². The Morgan fingerprint density at radius 3 is 1.33 bits per heavy atom. The molecule has 0 fully saturated rings. The van der Waals surface area contributed by atoms with Gasteiger partial charge in [-0.15, -0.1) is 0 Å². The molecule has 0 amide bonds. The summed E-state index contributed by atoms with van der Waals surface area (Å²) in [5.74, 6) is 1.47. The van der Waals surface area contributed by atoms with E-state index in [1.165, 1.54) is 0 Å². The fraction of sp³-hybridized carbons (Fsp3) is 1.00. The van der Waals surface area contributed by atoms with Crippen molar-refractivity contribution < 1.29 is 0 Å². The molecule has 0 aromatic heterocycles. The van der Waals surface area contributed by atoms with E-state index in [2.05, 4.69) is 27.7 Å². The molecule has 0 nitrogen and oxygen atoms in total. The van der Waals surface area contributed by atoms with Crippen molar-refractivity contribution in [1.29, 1.82) is 0 Å². The normalized spacial score (nSPS) is 12.0. The molecule has 0 aromatic carbocycles. The molecule has 0 rings (SSSR count). The Morgan fingerprint density at radius 1 is 1.00 bits per heavy atom. The third-order valence-electron chi connectivity index (χ3n) is 1.56. The number of halogens is 1. The smallest absolute Gasteiger partial charge is 0.171 e. The molecule has 0 spiro atoms. The predicted molar refractivity (Wildman–Crippen MR) is 45.0 cm³/mol. The first-order valence-electron chi connectivity index (χ1n) is 3.45. The summed E-state index contributed by atoms with van der Waals surface area (Å²) in [6, 6.07) is 0. The van der Waals surface area contributed by atoms with Crippen molar-refractivity contribution in [2.45, 2.75) is 33.2 Å². The molecule has 2 radical (unpaired) electrons. The Kier molecular flexibility index (Phi) is 4.59. The van der Waals surface area contributed by atoms with Crippen LogP contribution in [0.3, 0.4) is 0 Å². The molecule has 0 bridgehead atoms. The molecule has 0 saturated carbocycles. The lowest BCUT2D eigenvalue weighted by Gasteiger charge is -2.20. The lowest BCUT2D eigenvalue weighted by molar-refractivity contribution is 0.467. The summed E-state index contributed by atoms with van der Waals surface area (Å²) in [7, 11) is 0.582. The molecule has 0 atom stereocenters. The first-order valence-corrected chi connectivity index (χ1v) is 5.54. The van der Waals surface area contributed by atoms with Crippen molar-refractivity contribution >= 4 is 19.9 Å². The molecule has 0 saturated heterocycles. The second kappa shape index (κ2) is 4.34. The standard InChI is InChI=1S/C7H15ClSi/c1-5(2)7(9-8)6(3)4/h5-7H,1-4H3. The van der Waals surface area contributed by atoms with Crippen LogP contribution < -0.4 is 0 Å². The Hall–Kier alpha value is 0.507. The maximum Gasteiger partial charge on any atom is 0.175 e. The van der Waals surface area contributed by atoms with Gasteiger partial charge in [0.1, 0.15) is 0 Å². The molecule has 2 heteroatoms. The van der Waals surface area contributed by atoms with Crippen LogP contribution in [0.5, 0.6) is 0 Å². The first kappa shape index (κ1) is 9.51. The van der Waals surface area contributed by atoms with Crippen LogP contribution in [0.25, 0.3) is 0 Å². The summed E-state index contributed by atoms with van der Waals surface area (Å²) in [5.41, 5.74) is 0.715. The van der Waals surface area contributed by atoms with Gasteiger partial charge in [0.15, 0.2) is 8.83 Å². The molecule has 0 aliphatic rings. The fourth-order valence-corrected chi connectivity index (χ4v) is 3.04. The van der Waals surface area contributed by atoms with Gasteiger partial charge in [0.25, 0.3) is 0 Å². The van der Waals surface area contributed by atoms with Gasteiger partial charge in [0.2, 0.25) is 0 Å². The van der Waals surface area contributed by atoms with E-state index in [-0.39, 0.29) is 0 Å². The van der Waals surface area contributed by atoms with Crippen molar-refractivity contribution in [3.8, 4) is 0 Å². The highest BCUT2D eigenvalue weighted by Gasteiger charge is 2.16. The minimum atomic E-state index is 0.582. The molecule has 0 N–H and O–H groups in total. The van der Waals surface area contributed by atoms with E-state index >= 15 is 0 Å². The number of hydrogen-bond donors (Lipinski definition) is 0. The van der Waals surface area contributed by atoms with Crippen LogP contribution in [0.4, 0.5) is 0 Å². The van der Waals surface area contributed by atoms with Crippen molar-refractivity contribution in [2.24, 2.45) is 11.8 Å². The molecule has 9 heavy (non-hydrogen) atoms. The third-order valence-corrected chi connectivity index (χ3v) is 3.90. The zero-order valence-corrected chi connectivity index (χ0v) is 8.37. The molecule has 0 unspecified atom stereocenters. The van der Waals surface area contributed by atoms with Crippen molar-refractivity contribution in [3.05, 3.63) is 0 Å². The summed E-state index contributed by atoms with van der Waals surface area (Å²) < 4.78 is 0. The predicted octanol–water partition coefficient (Wildman–Crippen LogP) is 2.94. The Balaban J connectivity index is 3.68. The van der Waals surface area contributed by atoms with Gasteiger partial charge in [-0.2, -0.15) is 11.1 Å². The molecule has 0 aromatic rings. The Morgan fingerprint density at radius 2 is 1.33 bits per heavy atom. The zero-order valence-electron chi connectivity index (χ0n) is 6.61. The first-order chi connectivity index (χ1) is 4.09. The number of hydrogen-bond acceptors (Lipinski definition) is 0. The van der Waals surface area contributed by atoms with Crippen LogP contribution in [0, 0.1) is 11.8 Å². The SMILES string of the molecule is CC(C)C([Si]Cl)C(C)C. The monoisotopic (exact) mass is 162 g/mol. The summed E-state index contributed by atoms with van der Waals surface area (Å²) in [6.45, 7) is 8.94. The highest BCUT2D eigenvalue weighted by molar-refractivity contribution is 6.94. The molecular formula is C7H15ClSi. The van der Waals surface area contributed by atoms with Gasteiger partial charge in [-0.25, -0.2) is 0 Å². The minimum absolute atomic E-state index is 0.582. The van der Waals surface area contributed by atoms with Gasteiger partial charge in [0.05, 0.1) is 0 Å². The van der Waals surface area contributed by atoms with E-state index in [9.17, 15) is 0 Å². The van der Waals surface area contributed by atoms with Gasteiger partial charge in [-0.05, 0) is 17.4 Å². The van der Waals surface area contributed by atoms with E-state index in [0.717, 1.165) is 11.8 Å². The van der Waals surface area contributed by atoms with Gasteiger partial charge >= 0.3 is 0 Å². The van der Waals surface area contributed by atoms with Gasteiger partial charge in [-0.1, -0.05) is 27.7 Å². The highest BCUT2D eigenvalue weighted by atomic mass is 35.6. The van der Waals surface area contributed by atoms with E-state index in [4.69, 9.17) is 11.1 Å². The molecular weight excluding hydrogens is 148 g/mol. The maximum absolute atomic E-state index is 5.79. The quantitative estimate of drug-likeness (QED) is 0.442. The molecule has 0 aliphatic heterocycles. The van der Waals surface area contributed by atoms with Crippen molar-refractivity contribution in [3.63, 3.8) is 0 Å². The average molecular weight is 163 g/mol. The summed E-state index contributed by atoms with van der Waals surface area (Å²) in [5, 5.41) is 0. The number of rotatable bonds is 3. The second-order valence-electron chi connectivity index (χ2n) is 3.12. The van der Waals surface area contributed by atoms with Crippen LogP contribution in [0.2, 0.25) is 5.54 Å². The lowest BCUT2D eigenvalue weighted by Crippen LogP contribution is -2.12. The van der Waals surface area contributed by atoms with Crippen LogP contribution >= 0.6 is 11.1 Å².